The topological polar surface area (TPSA) is 263 Å². The number of aromatic nitrogens is 8. The molecule has 0 aliphatic carbocycles. The van der Waals surface area contributed by atoms with Crippen LogP contribution in [0.2, 0.25) is 5.15 Å². The third-order valence-electron chi connectivity index (χ3n) is 5.69. The van der Waals surface area contributed by atoms with Gasteiger partial charge < -0.3 is 30.5 Å². The van der Waals surface area contributed by atoms with E-state index >= 15 is 0 Å². The minimum atomic E-state index is -1.44. The molecule has 0 fully saturated rings. The second-order valence-electron chi connectivity index (χ2n) is 9.34. The summed E-state index contributed by atoms with van der Waals surface area (Å²) in [5.74, 6) is 3.36. The van der Waals surface area contributed by atoms with Crippen LogP contribution >= 0.6 is 11.6 Å². The zero-order valence-corrected chi connectivity index (χ0v) is 32.1. The summed E-state index contributed by atoms with van der Waals surface area (Å²) in [6, 6.07) is 0. The number of ether oxygens (including phenoxy) is 2. The number of aliphatic hydroxyl groups excluding tert-OH is 1. The van der Waals surface area contributed by atoms with Crippen molar-refractivity contribution in [1.29, 1.82) is 0 Å². The second-order valence-corrected chi connectivity index (χ2v) is 9.90. The molecule has 0 aliphatic heterocycles. The molecule has 4 N–H and O–H groups in total. The molecule has 0 saturated carbocycles. The Morgan fingerprint density at radius 3 is 1.56 bits per heavy atom. The van der Waals surface area contributed by atoms with Gasteiger partial charge in [-0.3, -0.25) is 4.79 Å². The number of aliphatic hydroxyl groups is 1. The van der Waals surface area contributed by atoms with Crippen LogP contribution in [0.25, 0.3) is 0 Å². The van der Waals surface area contributed by atoms with Crippen LogP contribution in [0.15, 0.2) is 24.8 Å². The maximum absolute atomic E-state index is 11.4. The van der Waals surface area contributed by atoms with Gasteiger partial charge in [0, 0.05) is 51.5 Å². The molecule has 283 valence electrons. The molecule has 0 aliphatic rings. The summed E-state index contributed by atoms with van der Waals surface area (Å²) in [6.45, 7) is 11.1. The van der Waals surface area contributed by atoms with Crippen LogP contribution in [-0.4, -0.2) is 97.6 Å². The quantitative estimate of drug-likeness (QED) is 0.0820. The Bertz CT molecular complexity index is 1780. The van der Waals surface area contributed by atoms with Crippen molar-refractivity contribution in [1.82, 2.24) is 39.9 Å². The molecular weight excluding hydrogens is 745 g/mol. The van der Waals surface area contributed by atoms with Crippen molar-refractivity contribution in [2.45, 2.75) is 48.1 Å². The van der Waals surface area contributed by atoms with E-state index in [0.29, 0.717) is 65.1 Å². The molecule has 52 heavy (non-hydrogen) atoms. The molecule has 4 aromatic rings. The van der Waals surface area contributed by atoms with Crippen LogP contribution in [0.5, 0.6) is 0 Å². The molecule has 0 saturated heterocycles. The molecule has 21 heteroatoms. The molecule has 4 rings (SSSR count). The molecule has 0 atom stereocenters. The third kappa shape index (κ3) is 17.1. The van der Waals surface area contributed by atoms with Crippen molar-refractivity contribution >= 4 is 47.3 Å². The fraction of sp³-hybridized carbons (Fsp3) is 0.387. The Balaban J connectivity index is 0.000000652. The number of carbonyl (C=O) groups excluding carboxylic acids is 3. The predicted octanol–water partition coefficient (Wildman–Crippen LogP) is 3.34. The van der Waals surface area contributed by atoms with Gasteiger partial charge in [0.15, 0.2) is 6.29 Å². The fourth-order valence-electron chi connectivity index (χ4n) is 3.40. The van der Waals surface area contributed by atoms with Gasteiger partial charge in [-0.1, -0.05) is 11.6 Å². The minimum absolute atomic E-state index is 0.0313. The van der Waals surface area contributed by atoms with Crippen LogP contribution in [0.1, 0.15) is 73.8 Å². The Morgan fingerprint density at radius 1 is 0.712 bits per heavy atom. The van der Waals surface area contributed by atoms with Crippen LogP contribution in [0.4, 0.5) is 17.5 Å². The number of anilines is 3. The van der Waals surface area contributed by atoms with Crippen LogP contribution in [-0.2, 0) is 38.6 Å². The van der Waals surface area contributed by atoms with E-state index < -0.39 is 26.8 Å². The normalized spacial score (nSPS) is 9.29. The molecular formula is C31H42ClMnN11O8. The van der Waals surface area contributed by atoms with Gasteiger partial charge in [0.05, 0.1) is 25.4 Å². The van der Waals surface area contributed by atoms with Crippen molar-refractivity contribution in [3.8, 4) is 0 Å². The SMILES string of the molecule is CCOC(=O)c1cnc(C)nc1Cl.CCOC(=O)c1cnc(C)nc1NC.CNc1nc(C)ncc1C=O.CNc1nc(C)ncc1CO.[O]=[Mn]=[O]. The Kier molecular flexibility index (Phi) is 23.8. The second kappa shape index (κ2) is 26.5. The molecule has 19 nitrogen and oxygen atoms in total. The number of aldehydes is 1. The van der Waals surface area contributed by atoms with Crippen LogP contribution in [0, 0.1) is 27.7 Å². The van der Waals surface area contributed by atoms with Gasteiger partial charge >= 0.3 is 34.4 Å². The zero-order valence-electron chi connectivity index (χ0n) is 30.1. The summed E-state index contributed by atoms with van der Waals surface area (Å²) in [5, 5.41) is 17.5. The summed E-state index contributed by atoms with van der Waals surface area (Å²) in [7, 11) is 5.18. The molecule has 0 aromatic carbocycles. The molecule has 0 radical (unpaired) electrons. The molecule has 0 spiro atoms. The van der Waals surface area contributed by atoms with E-state index in [1.807, 2.05) is 6.92 Å². The first-order valence-electron chi connectivity index (χ1n) is 15.1. The summed E-state index contributed by atoms with van der Waals surface area (Å²) in [4.78, 5) is 64.6. The zero-order chi connectivity index (χ0) is 39.6. The van der Waals surface area contributed by atoms with E-state index in [-0.39, 0.29) is 17.3 Å². The van der Waals surface area contributed by atoms with Gasteiger partial charge in [0.2, 0.25) is 0 Å². The van der Waals surface area contributed by atoms with E-state index in [0.717, 1.165) is 11.8 Å². The van der Waals surface area contributed by atoms with Crippen molar-refractivity contribution < 1.29 is 51.5 Å². The average Bonchev–Trinajstić information content (AvgIpc) is 3.12. The van der Waals surface area contributed by atoms with Gasteiger partial charge in [-0.15, -0.1) is 0 Å². The van der Waals surface area contributed by atoms with Crippen LogP contribution < -0.4 is 16.0 Å². The number of hydrogen-bond donors (Lipinski definition) is 4. The number of esters is 2. The van der Waals surface area contributed by atoms with Gasteiger partial charge in [-0.25, -0.2) is 49.5 Å². The molecule has 0 bridgehead atoms. The Morgan fingerprint density at radius 2 is 1.12 bits per heavy atom. The van der Waals surface area contributed by atoms with Crippen LogP contribution in [0.3, 0.4) is 0 Å². The standard InChI is InChI=1S/C9H13N3O2.C8H9ClN2O2.C7H11N3O.C7H9N3O.Mn.2O/c1-4-14-9(13)7-5-11-6(2)12-8(7)10-3;1-3-13-8(12)6-4-10-5(2)11-7(6)9;2*1-5-9-3-6(4-11)7(8-2)10-5;;;/h5H,4H2,1-3H3,(H,10,11,12);4H,3H2,1-2H3;3,11H,4H2,1-2H3,(H,8,9,10);3-4H,1-2H3,(H,8,9,10);;;. The number of nitrogens with one attached hydrogen (secondary N) is 3. The van der Waals surface area contributed by atoms with Crippen molar-refractivity contribution in [3.63, 3.8) is 0 Å². The van der Waals surface area contributed by atoms with Gasteiger partial charge in [-0.2, -0.15) is 0 Å². The van der Waals surface area contributed by atoms with E-state index in [2.05, 4.69) is 55.8 Å². The van der Waals surface area contributed by atoms with Crippen molar-refractivity contribution in [3.05, 3.63) is 75.5 Å². The van der Waals surface area contributed by atoms with Crippen molar-refractivity contribution in [2.24, 2.45) is 0 Å². The van der Waals surface area contributed by atoms with E-state index in [1.54, 1.807) is 62.0 Å². The summed E-state index contributed by atoms with van der Waals surface area (Å²) >= 11 is 4.27. The summed E-state index contributed by atoms with van der Waals surface area (Å²) < 4.78 is 26.4. The van der Waals surface area contributed by atoms with Crippen molar-refractivity contribution in [2.75, 3.05) is 50.3 Å². The van der Waals surface area contributed by atoms with Gasteiger partial charge in [0.25, 0.3) is 0 Å². The first kappa shape index (κ1) is 46.7. The number of rotatable bonds is 9. The Labute approximate surface area is 311 Å². The summed E-state index contributed by atoms with van der Waals surface area (Å²) in [5.41, 5.74) is 1.77. The third-order valence-corrected chi connectivity index (χ3v) is 5.98. The van der Waals surface area contributed by atoms with E-state index in [9.17, 15) is 14.4 Å². The Hall–Kier alpha value is -5.30. The number of carbonyl (C=O) groups is 3. The number of hydrogen-bond acceptors (Lipinski definition) is 19. The van der Waals surface area contributed by atoms with E-state index in [4.69, 9.17) is 33.9 Å². The molecule has 4 aromatic heterocycles. The fourth-order valence-corrected chi connectivity index (χ4v) is 3.65. The monoisotopic (exact) mass is 786 g/mol. The number of halogens is 1. The average molecular weight is 787 g/mol. The molecule has 0 amide bonds. The number of nitrogens with zero attached hydrogens (tertiary/aromatic N) is 8. The molecule has 0 unspecified atom stereocenters. The van der Waals surface area contributed by atoms with Gasteiger partial charge in [0.1, 0.15) is 57.0 Å². The maximum atomic E-state index is 11.4. The molecule has 4 heterocycles. The number of aryl methyl sites for hydroxylation is 4. The predicted molar refractivity (Wildman–Crippen MR) is 185 cm³/mol. The van der Waals surface area contributed by atoms with Gasteiger partial charge in [-0.05, 0) is 41.5 Å². The summed E-state index contributed by atoms with van der Waals surface area (Å²) in [6.07, 6.45) is 6.68. The first-order valence-corrected chi connectivity index (χ1v) is 16.5. The first-order chi connectivity index (χ1) is 24.8. The van der Waals surface area contributed by atoms with E-state index in [1.165, 1.54) is 18.6 Å².